The molecular weight excluding hydrogens is 418 g/mol. The number of hydrogen-bond donors (Lipinski definition) is 2. The third-order valence-corrected chi connectivity index (χ3v) is 4.94. The SMILES string of the molecule is COc1ccc(-c2nnc(SCC(=O)Nc3ccc(Br)cc3)n2N)cc1. The highest BCUT2D eigenvalue weighted by atomic mass is 79.9. The van der Waals surface area contributed by atoms with Crippen molar-refractivity contribution in [2.75, 3.05) is 24.0 Å². The molecule has 134 valence electrons. The van der Waals surface area contributed by atoms with Gasteiger partial charge < -0.3 is 15.9 Å². The standard InChI is InChI=1S/C17H16BrN5O2S/c1-25-14-8-2-11(3-9-14)16-21-22-17(23(16)19)26-10-15(24)20-13-6-4-12(18)5-7-13/h2-9H,10,19H2,1H3,(H,20,24). The number of nitrogen functional groups attached to an aromatic ring is 1. The molecule has 0 aliphatic rings. The van der Waals surface area contributed by atoms with E-state index >= 15 is 0 Å². The maximum absolute atomic E-state index is 12.1. The molecular formula is C17H16BrN5O2S. The van der Waals surface area contributed by atoms with Gasteiger partial charge in [0.05, 0.1) is 12.9 Å². The molecule has 0 spiro atoms. The van der Waals surface area contributed by atoms with Crippen LogP contribution in [0.3, 0.4) is 0 Å². The third-order valence-electron chi connectivity index (χ3n) is 3.47. The fraction of sp³-hybridized carbons (Fsp3) is 0.118. The van der Waals surface area contributed by atoms with Crippen molar-refractivity contribution in [2.24, 2.45) is 0 Å². The van der Waals surface area contributed by atoms with Crippen LogP contribution in [0.15, 0.2) is 58.2 Å². The number of carbonyl (C=O) groups excluding carboxylic acids is 1. The zero-order valence-corrected chi connectivity index (χ0v) is 16.3. The summed E-state index contributed by atoms with van der Waals surface area (Å²) in [5.41, 5.74) is 1.54. The van der Waals surface area contributed by atoms with Gasteiger partial charge in [-0.15, -0.1) is 10.2 Å². The van der Waals surface area contributed by atoms with Crippen molar-refractivity contribution in [1.82, 2.24) is 14.9 Å². The van der Waals surface area contributed by atoms with Gasteiger partial charge in [-0.25, -0.2) is 4.68 Å². The maximum Gasteiger partial charge on any atom is 0.234 e. The number of ether oxygens (including phenoxy) is 1. The van der Waals surface area contributed by atoms with Gasteiger partial charge in [-0.2, -0.15) is 0 Å². The molecule has 3 N–H and O–H groups in total. The minimum atomic E-state index is -0.147. The highest BCUT2D eigenvalue weighted by molar-refractivity contribution is 9.10. The van der Waals surface area contributed by atoms with Crippen molar-refractivity contribution in [3.63, 3.8) is 0 Å². The van der Waals surface area contributed by atoms with Gasteiger partial charge in [0.25, 0.3) is 0 Å². The summed E-state index contributed by atoms with van der Waals surface area (Å²) in [5, 5.41) is 11.4. The van der Waals surface area contributed by atoms with Crippen LogP contribution in [0.4, 0.5) is 5.69 Å². The van der Waals surface area contributed by atoms with Crippen LogP contribution in [0.25, 0.3) is 11.4 Å². The first-order valence-electron chi connectivity index (χ1n) is 7.60. The van der Waals surface area contributed by atoms with Crippen LogP contribution < -0.4 is 15.9 Å². The van der Waals surface area contributed by atoms with E-state index in [1.54, 1.807) is 7.11 Å². The molecule has 0 saturated heterocycles. The molecule has 0 bridgehead atoms. The first-order valence-corrected chi connectivity index (χ1v) is 9.38. The summed E-state index contributed by atoms with van der Waals surface area (Å²) < 4.78 is 7.46. The lowest BCUT2D eigenvalue weighted by atomic mass is 10.2. The van der Waals surface area contributed by atoms with Crippen LogP contribution in [0.1, 0.15) is 0 Å². The van der Waals surface area contributed by atoms with Crippen LogP contribution >= 0.6 is 27.7 Å². The Morgan fingerprint density at radius 3 is 2.54 bits per heavy atom. The summed E-state index contributed by atoms with van der Waals surface area (Å²) in [6.45, 7) is 0. The maximum atomic E-state index is 12.1. The molecule has 0 saturated carbocycles. The Kier molecular flexibility index (Phi) is 5.79. The van der Waals surface area contributed by atoms with Crippen LogP contribution in [-0.4, -0.2) is 33.6 Å². The molecule has 2 aromatic carbocycles. The molecule has 0 aliphatic carbocycles. The van der Waals surface area contributed by atoms with Gasteiger partial charge in [-0.1, -0.05) is 27.7 Å². The molecule has 1 amide bonds. The number of nitrogens with one attached hydrogen (secondary N) is 1. The number of benzene rings is 2. The molecule has 0 aliphatic heterocycles. The minimum absolute atomic E-state index is 0.147. The molecule has 0 unspecified atom stereocenters. The Balaban J connectivity index is 1.62. The fourth-order valence-corrected chi connectivity index (χ4v) is 3.09. The summed E-state index contributed by atoms with van der Waals surface area (Å²) in [6.07, 6.45) is 0. The number of thioether (sulfide) groups is 1. The molecule has 0 fully saturated rings. The molecule has 1 heterocycles. The first kappa shape index (κ1) is 18.3. The summed E-state index contributed by atoms with van der Waals surface area (Å²) in [6, 6.07) is 14.7. The molecule has 0 atom stereocenters. The van der Waals surface area contributed by atoms with Gasteiger partial charge >= 0.3 is 0 Å². The zero-order chi connectivity index (χ0) is 18.5. The molecule has 0 radical (unpaired) electrons. The third kappa shape index (κ3) is 4.36. The Bertz CT molecular complexity index is 897. The second kappa shape index (κ2) is 8.24. The largest absolute Gasteiger partial charge is 0.497 e. The van der Waals surface area contributed by atoms with E-state index in [1.165, 1.54) is 16.4 Å². The lowest BCUT2D eigenvalue weighted by molar-refractivity contribution is -0.113. The smallest absolute Gasteiger partial charge is 0.234 e. The van der Waals surface area contributed by atoms with E-state index in [1.807, 2.05) is 48.5 Å². The number of halogens is 1. The Morgan fingerprint density at radius 2 is 1.88 bits per heavy atom. The van der Waals surface area contributed by atoms with Crippen molar-refractivity contribution in [1.29, 1.82) is 0 Å². The van der Waals surface area contributed by atoms with Gasteiger partial charge in [0.15, 0.2) is 5.82 Å². The van der Waals surface area contributed by atoms with Crippen molar-refractivity contribution in [2.45, 2.75) is 5.16 Å². The average Bonchev–Trinajstić information content (AvgIpc) is 3.02. The lowest BCUT2D eigenvalue weighted by Gasteiger charge is -2.06. The van der Waals surface area contributed by atoms with Crippen molar-refractivity contribution >= 4 is 39.3 Å². The van der Waals surface area contributed by atoms with Crippen molar-refractivity contribution in [3.8, 4) is 17.1 Å². The number of amides is 1. The number of carbonyl (C=O) groups is 1. The molecule has 1 aromatic heterocycles. The molecule has 7 nitrogen and oxygen atoms in total. The second-order valence-corrected chi connectivity index (χ2v) is 7.11. The minimum Gasteiger partial charge on any atom is -0.497 e. The van der Waals surface area contributed by atoms with Gasteiger partial charge in [-0.05, 0) is 48.5 Å². The molecule has 9 heteroatoms. The zero-order valence-electron chi connectivity index (χ0n) is 13.8. The normalized spacial score (nSPS) is 10.5. The number of hydrogen-bond acceptors (Lipinski definition) is 6. The van der Waals surface area contributed by atoms with Gasteiger partial charge in [0.2, 0.25) is 11.1 Å². The summed E-state index contributed by atoms with van der Waals surface area (Å²) in [5.74, 6) is 7.36. The van der Waals surface area contributed by atoms with Crippen LogP contribution in [0.5, 0.6) is 5.75 Å². The van der Waals surface area contributed by atoms with E-state index in [4.69, 9.17) is 10.6 Å². The number of rotatable bonds is 6. The predicted octanol–water partition coefficient (Wildman–Crippen LogP) is 3.16. The first-order chi connectivity index (χ1) is 12.6. The van der Waals surface area contributed by atoms with Gasteiger partial charge in [0.1, 0.15) is 5.75 Å². The molecule has 3 aromatic rings. The monoisotopic (exact) mass is 433 g/mol. The van der Waals surface area contributed by atoms with Crippen LogP contribution in [-0.2, 0) is 4.79 Å². The Morgan fingerprint density at radius 1 is 1.19 bits per heavy atom. The number of aromatic nitrogens is 3. The second-order valence-electron chi connectivity index (χ2n) is 5.25. The van der Waals surface area contributed by atoms with Gasteiger partial charge in [-0.3, -0.25) is 4.79 Å². The number of nitrogens with two attached hydrogens (primary N) is 1. The highest BCUT2D eigenvalue weighted by Crippen LogP contribution is 2.23. The molecule has 26 heavy (non-hydrogen) atoms. The predicted molar refractivity (Wildman–Crippen MR) is 106 cm³/mol. The van der Waals surface area contributed by atoms with E-state index in [9.17, 15) is 4.79 Å². The van der Waals surface area contributed by atoms with Gasteiger partial charge in [0, 0.05) is 15.7 Å². The van der Waals surface area contributed by atoms with E-state index in [0.29, 0.717) is 11.0 Å². The summed E-state index contributed by atoms with van der Waals surface area (Å²) >= 11 is 4.57. The van der Waals surface area contributed by atoms with E-state index < -0.39 is 0 Å². The van der Waals surface area contributed by atoms with E-state index in [2.05, 4.69) is 31.4 Å². The van der Waals surface area contributed by atoms with E-state index in [-0.39, 0.29) is 11.7 Å². The summed E-state index contributed by atoms with van der Waals surface area (Å²) in [4.78, 5) is 12.1. The number of methoxy groups -OCH3 is 1. The quantitative estimate of drug-likeness (QED) is 0.457. The lowest BCUT2D eigenvalue weighted by Crippen LogP contribution is -2.16. The van der Waals surface area contributed by atoms with Crippen LogP contribution in [0, 0.1) is 0 Å². The fourth-order valence-electron chi connectivity index (χ4n) is 2.17. The van der Waals surface area contributed by atoms with E-state index in [0.717, 1.165) is 21.5 Å². The average molecular weight is 434 g/mol. The summed E-state index contributed by atoms with van der Waals surface area (Å²) in [7, 11) is 1.61. The number of anilines is 1. The Labute approximate surface area is 163 Å². The Hall–Kier alpha value is -2.52. The van der Waals surface area contributed by atoms with Crippen molar-refractivity contribution < 1.29 is 9.53 Å². The molecule has 3 rings (SSSR count). The van der Waals surface area contributed by atoms with Crippen LogP contribution in [0.2, 0.25) is 0 Å². The topological polar surface area (TPSA) is 95.1 Å². The number of nitrogens with zero attached hydrogens (tertiary/aromatic N) is 3. The van der Waals surface area contributed by atoms with Crippen molar-refractivity contribution in [3.05, 3.63) is 53.0 Å². The highest BCUT2D eigenvalue weighted by Gasteiger charge is 2.14.